The molecule has 0 saturated heterocycles. The molecule has 0 spiro atoms. The number of aromatic amines is 1. The molecule has 3 aromatic rings. The number of aliphatic hydroxyl groups is 1. The predicted molar refractivity (Wildman–Crippen MR) is 76.7 cm³/mol. The molecule has 1 heterocycles. The molecule has 1 aromatic heterocycles. The summed E-state index contributed by atoms with van der Waals surface area (Å²) in [7, 11) is 0. The largest absolute Gasteiger partial charge is 0.417 e. The Kier molecular flexibility index (Phi) is 3.16. The van der Waals surface area contributed by atoms with Crippen LogP contribution >= 0.6 is 0 Å². The minimum atomic E-state index is -0.731. The second kappa shape index (κ2) is 4.98. The molecule has 0 aliphatic heterocycles. The molecule has 0 radical (unpaired) electrons. The fourth-order valence-corrected chi connectivity index (χ4v) is 2.26. The van der Waals surface area contributed by atoms with E-state index in [0.29, 0.717) is 16.7 Å². The number of aryl methyl sites for hydroxylation is 1. The average molecular weight is 269 g/mol. The summed E-state index contributed by atoms with van der Waals surface area (Å²) in [6.07, 6.45) is 0.238. The van der Waals surface area contributed by atoms with E-state index in [1.165, 1.54) is 5.56 Å². The number of fused-ring (bicyclic) bond motifs is 1. The van der Waals surface area contributed by atoms with Gasteiger partial charge in [0.2, 0.25) is 0 Å². The number of H-pyrrole nitrogens is 1. The average Bonchev–Trinajstić information content (AvgIpc) is 2.85. The van der Waals surface area contributed by atoms with Gasteiger partial charge in [0.25, 0.3) is 0 Å². The summed E-state index contributed by atoms with van der Waals surface area (Å²) in [6, 6.07) is 13.1. The number of aliphatic hydroxyl groups excluding tert-OH is 1. The van der Waals surface area contributed by atoms with E-state index in [2.05, 4.69) is 11.9 Å². The zero-order valence-electron chi connectivity index (χ0n) is 11.1. The maximum Gasteiger partial charge on any atom is 0.417 e. The van der Waals surface area contributed by atoms with Gasteiger partial charge in [-0.1, -0.05) is 37.3 Å². The van der Waals surface area contributed by atoms with E-state index in [1.807, 2.05) is 24.3 Å². The van der Waals surface area contributed by atoms with Crippen molar-refractivity contribution in [2.24, 2.45) is 0 Å². The highest BCUT2D eigenvalue weighted by atomic mass is 16.4. The van der Waals surface area contributed by atoms with E-state index in [-0.39, 0.29) is 0 Å². The second-order valence-electron chi connectivity index (χ2n) is 4.77. The van der Waals surface area contributed by atoms with Crippen LogP contribution in [-0.2, 0) is 6.42 Å². The van der Waals surface area contributed by atoms with Crippen molar-refractivity contribution in [1.29, 1.82) is 0 Å². The van der Waals surface area contributed by atoms with E-state index < -0.39 is 11.9 Å². The Morgan fingerprint density at radius 1 is 1.15 bits per heavy atom. The first-order chi connectivity index (χ1) is 9.67. The molecular formula is C16H15NO3. The molecule has 4 heteroatoms. The highest BCUT2D eigenvalue weighted by Gasteiger charge is 2.12. The fraction of sp³-hybridized carbons (Fsp3) is 0.188. The lowest BCUT2D eigenvalue weighted by Gasteiger charge is -2.11. The molecule has 3 rings (SSSR count). The van der Waals surface area contributed by atoms with Crippen LogP contribution in [0.4, 0.5) is 0 Å². The maximum atomic E-state index is 11.1. The van der Waals surface area contributed by atoms with Crippen molar-refractivity contribution in [1.82, 2.24) is 4.98 Å². The maximum absolute atomic E-state index is 11.1. The summed E-state index contributed by atoms with van der Waals surface area (Å²) in [5.41, 5.74) is 3.83. The van der Waals surface area contributed by atoms with Gasteiger partial charge in [-0.15, -0.1) is 0 Å². The van der Waals surface area contributed by atoms with Gasteiger partial charge < -0.3 is 9.52 Å². The van der Waals surface area contributed by atoms with Crippen LogP contribution in [0.5, 0.6) is 0 Å². The fourth-order valence-electron chi connectivity index (χ4n) is 2.26. The van der Waals surface area contributed by atoms with Crippen molar-refractivity contribution in [2.75, 3.05) is 0 Å². The van der Waals surface area contributed by atoms with Crippen LogP contribution in [0, 0.1) is 0 Å². The van der Waals surface area contributed by atoms with Crippen molar-refractivity contribution in [3.05, 3.63) is 69.7 Å². The lowest BCUT2D eigenvalue weighted by atomic mass is 9.99. The first-order valence-corrected chi connectivity index (χ1v) is 6.57. The Hall–Kier alpha value is -2.33. The van der Waals surface area contributed by atoms with Crippen LogP contribution in [-0.4, -0.2) is 10.1 Å². The van der Waals surface area contributed by atoms with Crippen molar-refractivity contribution >= 4 is 11.1 Å². The quantitative estimate of drug-likeness (QED) is 0.768. The minimum Gasteiger partial charge on any atom is -0.408 e. The summed E-state index contributed by atoms with van der Waals surface area (Å²) < 4.78 is 5.01. The third kappa shape index (κ3) is 2.26. The standard InChI is InChI=1S/C16H15NO3/c1-2-10-3-5-11(6-4-10)15(18)12-7-8-13-14(9-12)20-16(19)17-13/h3-9,15,18H,2H2,1H3,(H,17,19). The van der Waals surface area contributed by atoms with Crippen LogP contribution in [0.15, 0.2) is 51.7 Å². The van der Waals surface area contributed by atoms with Gasteiger partial charge >= 0.3 is 5.76 Å². The van der Waals surface area contributed by atoms with Gasteiger partial charge in [-0.2, -0.15) is 0 Å². The third-order valence-corrected chi connectivity index (χ3v) is 3.46. The first-order valence-electron chi connectivity index (χ1n) is 6.57. The second-order valence-corrected chi connectivity index (χ2v) is 4.77. The summed E-state index contributed by atoms with van der Waals surface area (Å²) in [5.74, 6) is -0.487. The van der Waals surface area contributed by atoms with Crippen LogP contribution < -0.4 is 5.76 Å². The minimum absolute atomic E-state index is 0.455. The van der Waals surface area contributed by atoms with Crippen LogP contribution in [0.2, 0.25) is 0 Å². The summed E-state index contributed by atoms with van der Waals surface area (Å²) in [5, 5.41) is 10.4. The van der Waals surface area contributed by atoms with Gasteiger partial charge in [0.1, 0.15) is 6.10 Å². The molecule has 0 saturated carbocycles. The lowest BCUT2D eigenvalue weighted by molar-refractivity contribution is 0.220. The van der Waals surface area contributed by atoms with E-state index in [9.17, 15) is 9.90 Å². The number of hydrogen-bond donors (Lipinski definition) is 2. The molecular weight excluding hydrogens is 254 g/mol. The lowest BCUT2D eigenvalue weighted by Crippen LogP contribution is -1.99. The number of aromatic nitrogens is 1. The zero-order chi connectivity index (χ0) is 14.1. The Balaban J connectivity index is 1.97. The number of rotatable bonds is 3. The molecule has 0 bridgehead atoms. The molecule has 0 fully saturated rings. The number of nitrogens with one attached hydrogen (secondary N) is 1. The molecule has 4 nitrogen and oxygen atoms in total. The highest BCUT2D eigenvalue weighted by Crippen LogP contribution is 2.24. The molecule has 1 atom stereocenters. The van der Waals surface area contributed by atoms with Gasteiger partial charge in [0.15, 0.2) is 5.58 Å². The van der Waals surface area contributed by atoms with Crippen LogP contribution in [0.25, 0.3) is 11.1 Å². The smallest absolute Gasteiger partial charge is 0.408 e. The van der Waals surface area contributed by atoms with Crippen molar-refractivity contribution in [3.63, 3.8) is 0 Å². The van der Waals surface area contributed by atoms with Crippen LogP contribution in [0.1, 0.15) is 29.7 Å². The number of oxazole rings is 1. The molecule has 2 N–H and O–H groups in total. The van der Waals surface area contributed by atoms with Gasteiger partial charge in [-0.05, 0) is 35.2 Å². The zero-order valence-corrected chi connectivity index (χ0v) is 11.1. The summed E-state index contributed by atoms with van der Waals surface area (Å²) in [4.78, 5) is 13.7. The van der Waals surface area contributed by atoms with Crippen molar-refractivity contribution in [2.45, 2.75) is 19.4 Å². The number of hydrogen-bond acceptors (Lipinski definition) is 3. The molecule has 0 aliphatic rings. The van der Waals surface area contributed by atoms with Crippen molar-refractivity contribution in [3.8, 4) is 0 Å². The molecule has 0 amide bonds. The monoisotopic (exact) mass is 269 g/mol. The Morgan fingerprint density at radius 3 is 2.55 bits per heavy atom. The Morgan fingerprint density at radius 2 is 1.85 bits per heavy atom. The van der Waals surface area contributed by atoms with E-state index >= 15 is 0 Å². The van der Waals surface area contributed by atoms with E-state index in [4.69, 9.17) is 4.42 Å². The van der Waals surface area contributed by atoms with Gasteiger partial charge in [0.05, 0.1) is 5.52 Å². The first kappa shape index (κ1) is 12.7. The molecule has 20 heavy (non-hydrogen) atoms. The molecule has 2 aromatic carbocycles. The van der Waals surface area contributed by atoms with E-state index in [1.54, 1.807) is 18.2 Å². The third-order valence-electron chi connectivity index (χ3n) is 3.46. The predicted octanol–water partition coefficient (Wildman–Crippen LogP) is 2.77. The highest BCUT2D eigenvalue weighted by molar-refractivity contribution is 5.73. The molecule has 0 aliphatic carbocycles. The molecule has 102 valence electrons. The normalized spacial score (nSPS) is 12.7. The number of benzene rings is 2. The SMILES string of the molecule is CCc1ccc(C(O)c2ccc3[nH]c(=O)oc3c2)cc1. The van der Waals surface area contributed by atoms with Gasteiger partial charge in [0, 0.05) is 0 Å². The topological polar surface area (TPSA) is 66.2 Å². The van der Waals surface area contributed by atoms with Gasteiger partial charge in [-0.25, -0.2) is 4.79 Å². The summed E-state index contributed by atoms with van der Waals surface area (Å²) >= 11 is 0. The Bertz CT molecular complexity index is 783. The van der Waals surface area contributed by atoms with E-state index in [0.717, 1.165) is 12.0 Å². The van der Waals surface area contributed by atoms with Crippen LogP contribution in [0.3, 0.4) is 0 Å². The van der Waals surface area contributed by atoms with Gasteiger partial charge in [-0.3, -0.25) is 4.98 Å². The Labute approximate surface area is 115 Å². The van der Waals surface area contributed by atoms with Crippen molar-refractivity contribution < 1.29 is 9.52 Å². The summed E-state index contributed by atoms with van der Waals surface area (Å²) in [6.45, 7) is 2.09. The molecule has 1 unspecified atom stereocenters.